The molecule has 1 atom stereocenters. The van der Waals surface area contributed by atoms with Gasteiger partial charge in [-0.3, -0.25) is 4.79 Å². The maximum Gasteiger partial charge on any atom is 0.241 e. The van der Waals surface area contributed by atoms with Crippen molar-refractivity contribution in [3.8, 4) is 0 Å². The maximum atomic E-state index is 11.3. The molecule has 1 aromatic carbocycles. The van der Waals surface area contributed by atoms with Crippen LogP contribution in [0.5, 0.6) is 0 Å². The van der Waals surface area contributed by atoms with Crippen molar-refractivity contribution in [2.24, 2.45) is 5.73 Å². The second-order valence-corrected chi connectivity index (χ2v) is 4.61. The fourth-order valence-electron chi connectivity index (χ4n) is 1.99. The number of likely N-dealkylation sites (tertiary alicyclic amines) is 1. The summed E-state index contributed by atoms with van der Waals surface area (Å²) in [7, 11) is 2.07. The highest BCUT2D eigenvalue weighted by molar-refractivity contribution is 5.87. The van der Waals surface area contributed by atoms with E-state index in [4.69, 9.17) is 5.73 Å². The van der Waals surface area contributed by atoms with E-state index in [2.05, 4.69) is 24.1 Å². The van der Waals surface area contributed by atoms with Crippen molar-refractivity contribution in [1.29, 1.82) is 0 Å². The van der Waals surface area contributed by atoms with Gasteiger partial charge in [0.05, 0.1) is 0 Å². The van der Waals surface area contributed by atoms with Crippen molar-refractivity contribution in [3.63, 3.8) is 0 Å². The summed E-state index contributed by atoms with van der Waals surface area (Å²) >= 11 is 0. The van der Waals surface area contributed by atoms with Crippen LogP contribution in [0.4, 0.5) is 0 Å². The predicted molar refractivity (Wildman–Crippen MR) is 67.3 cm³/mol. The number of likely N-dealkylation sites (N-methyl/N-ethyl adjacent to an activating group) is 1. The number of rotatable bonds is 5. The van der Waals surface area contributed by atoms with Crippen LogP contribution in [-0.2, 0) is 11.3 Å². The highest BCUT2D eigenvalue weighted by atomic mass is 16.2. The lowest BCUT2D eigenvalue weighted by Crippen LogP contribution is -2.61. The molecule has 2 N–H and O–H groups in total. The topological polar surface area (TPSA) is 49.6 Å². The molecule has 4 heteroatoms. The van der Waals surface area contributed by atoms with Crippen LogP contribution in [0.1, 0.15) is 5.56 Å². The number of benzene rings is 1. The normalized spacial score (nSPS) is 19.6. The van der Waals surface area contributed by atoms with Gasteiger partial charge in [-0.25, -0.2) is 0 Å². The minimum Gasteiger partial charge on any atom is -0.338 e. The molecule has 0 radical (unpaired) electrons. The van der Waals surface area contributed by atoms with Crippen molar-refractivity contribution >= 4 is 5.91 Å². The molecule has 1 amide bonds. The summed E-state index contributed by atoms with van der Waals surface area (Å²) in [6, 6.07) is 10.1. The second kappa shape index (κ2) is 5.29. The number of hydrogen-bond acceptors (Lipinski definition) is 3. The fraction of sp³-hybridized carbons (Fsp3) is 0.462. The SMILES string of the molecule is CN(CCN1CC(N)C1=O)Cc1ccccc1. The molecule has 0 spiro atoms. The fourth-order valence-corrected chi connectivity index (χ4v) is 1.99. The first-order valence-electron chi connectivity index (χ1n) is 5.93. The van der Waals surface area contributed by atoms with Gasteiger partial charge in [0.15, 0.2) is 0 Å². The molecule has 1 aromatic rings. The van der Waals surface area contributed by atoms with Crippen LogP contribution >= 0.6 is 0 Å². The highest BCUT2D eigenvalue weighted by Gasteiger charge is 2.32. The molecular formula is C13H19N3O. The zero-order valence-corrected chi connectivity index (χ0v) is 10.2. The Labute approximate surface area is 102 Å². The molecular weight excluding hydrogens is 214 g/mol. The Hall–Kier alpha value is -1.39. The quantitative estimate of drug-likeness (QED) is 0.744. The Balaban J connectivity index is 1.71. The molecule has 0 saturated carbocycles. The minimum atomic E-state index is -0.255. The molecule has 4 nitrogen and oxygen atoms in total. The lowest BCUT2D eigenvalue weighted by atomic mass is 10.1. The van der Waals surface area contributed by atoms with Gasteiger partial charge >= 0.3 is 0 Å². The number of nitrogens with two attached hydrogens (primary N) is 1. The molecule has 2 rings (SSSR count). The molecule has 0 aromatic heterocycles. The van der Waals surface area contributed by atoms with Gasteiger partial charge in [0, 0.05) is 26.2 Å². The number of carbonyl (C=O) groups is 1. The lowest BCUT2D eigenvalue weighted by Gasteiger charge is -2.37. The number of hydrogen-bond donors (Lipinski definition) is 1. The van der Waals surface area contributed by atoms with Crippen molar-refractivity contribution in [2.45, 2.75) is 12.6 Å². The predicted octanol–water partition coefficient (Wildman–Crippen LogP) is 0.288. The van der Waals surface area contributed by atoms with E-state index in [0.717, 1.165) is 19.6 Å². The molecule has 1 unspecified atom stereocenters. The first-order chi connectivity index (χ1) is 8.16. The van der Waals surface area contributed by atoms with E-state index in [1.165, 1.54) is 5.56 Å². The van der Waals surface area contributed by atoms with E-state index in [1.807, 2.05) is 23.1 Å². The van der Waals surface area contributed by atoms with Crippen molar-refractivity contribution in [1.82, 2.24) is 9.80 Å². The van der Waals surface area contributed by atoms with Crippen LogP contribution in [-0.4, -0.2) is 48.4 Å². The molecule has 1 aliphatic rings. The van der Waals surface area contributed by atoms with Crippen LogP contribution in [0.15, 0.2) is 30.3 Å². The van der Waals surface area contributed by atoms with E-state index in [0.29, 0.717) is 6.54 Å². The molecule has 1 heterocycles. The monoisotopic (exact) mass is 233 g/mol. The summed E-state index contributed by atoms with van der Waals surface area (Å²) in [5, 5.41) is 0. The van der Waals surface area contributed by atoms with Gasteiger partial charge in [0.25, 0.3) is 0 Å². The summed E-state index contributed by atoms with van der Waals surface area (Å²) in [4.78, 5) is 15.3. The van der Waals surface area contributed by atoms with Crippen molar-refractivity contribution in [3.05, 3.63) is 35.9 Å². The molecule has 0 aliphatic carbocycles. The first kappa shape index (κ1) is 12.1. The Morgan fingerprint density at radius 1 is 1.41 bits per heavy atom. The van der Waals surface area contributed by atoms with E-state index in [1.54, 1.807) is 0 Å². The van der Waals surface area contributed by atoms with Crippen LogP contribution in [0.2, 0.25) is 0 Å². The van der Waals surface area contributed by atoms with Gasteiger partial charge < -0.3 is 15.5 Å². The average Bonchev–Trinajstić information content (AvgIpc) is 2.35. The van der Waals surface area contributed by atoms with Gasteiger partial charge in [0.2, 0.25) is 5.91 Å². The number of amides is 1. The third-order valence-electron chi connectivity index (χ3n) is 3.09. The Bertz CT molecular complexity index is 380. The van der Waals surface area contributed by atoms with Gasteiger partial charge in [-0.2, -0.15) is 0 Å². The third-order valence-corrected chi connectivity index (χ3v) is 3.09. The first-order valence-corrected chi connectivity index (χ1v) is 5.93. The Morgan fingerprint density at radius 3 is 2.71 bits per heavy atom. The highest BCUT2D eigenvalue weighted by Crippen LogP contribution is 2.08. The Kier molecular flexibility index (Phi) is 3.76. The number of carbonyl (C=O) groups excluding carboxylic acids is 1. The third kappa shape index (κ3) is 3.05. The zero-order chi connectivity index (χ0) is 12.3. The van der Waals surface area contributed by atoms with Gasteiger partial charge in [-0.1, -0.05) is 30.3 Å². The number of nitrogens with zero attached hydrogens (tertiary/aromatic N) is 2. The maximum absolute atomic E-state index is 11.3. The second-order valence-electron chi connectivity index (χ2n) is 4.61. The number of β-lactam (4-membered cyclic amide) rings is 1. The van der Waals surface area contributed by atoms with E-state index in [-0.39, 0.29) is 11.9 Å². The van der Waals surface area contributed by atoms with E-state index >= 15 is 0 Å². The van der Waals surface area contributed by atoms with Crippen LogP contribution < -0.4 is 5.73 Å². The lowest BCUT2D eigenvalue weighted by molar-refractivity contribution is -0.142. The average molecular weight is 233 g/mol. The molecule has 1 fully saturated rings. The van der Waals surface area contributed by atoms with Crippen LogP contribution in [0, 0.1) is 0 Å². The van der Waals surface area contributed by atoms with E-state index in [9.17, 15) is 4.79 Å². The summed E-state index contributed by atoms with van der Waals surface area (Å²) in [5.74, 6) is 0.0816. The molecule has 0 bridgehead atoms. The summed E-state index contributed by atoms with van der Waals surface area (Å²) < 4.78 is 0. The zero-order valence-electron chi connectivity index (χ0n) is 10.2. The Morgan fingerprint density at radius 2 is 2.12 bits per heavy atom. The van der Waals surface area contributed by atoms with Gasteiger partial charge in [-0.15, -0.1) is 0 Å². The molecule has 1 aliphatic heterocycles. The smallest absolute Gasteiger partial charge is 0.241 e. The minimum absolute atomic E-state index is 0.0816. The van der Waals surface area contributed by atoms with Gasteiger partial charge in [0.1, 0.15) is 6.04 Å². The summed E-state index contributed by atoms with van der Waals surface area (Å²) in [6.07, 6.45) is 0. The molecule has 17 heavy (non-hydrogen) atoms. The summed E-state index contributed by atoms with van der Waals surface area (Å²) in [6.45, 7) is 3.27. The van der Waals surface area contributed by atoms with Crippen molar-refractivity contribution in [2.75, 3.05) is 26.7 Å². The molecule has 1 saturated heterocycles. The summed E-state index contributed by atoms with van der Waals surface area (Å²) in [5.41, 5.74) is 6.83. The van der Waals surface area contributed by atoms with E-state index < -0.39 is 0 Å². The molecule has 92 valence electrons. The largest absolute Gasteiger partial charge is 0.338 e. The van der Waals surface area contributed by atoms with Gasteiger partial charge in [-0.05, 0) is 12.6 Å². The standard InChI is InChI=1S/C13H19N3O/c1-15(9-11-5-3-2-4-6-11)7-8-16-10-12(14)13(16)17/h2-6,12H,7-10,14H2,1H3. The van der Waals surface area contributed by atoms with Crippen molar-refractivity contribution < 1.29 is 4.79 Å². The van der Waals surface area contributed by atoms with Crippen LogP contribution in [0.3, 0.4) is 0 Å². The van der Waals surface area contributed by atoms with Crippen LogP contribution in [0.25, 0.3) is 0 Å².